The molecular formula is C12H25NS. The van der Waals surface area contributed by atoms with E-state index in [0.717, 1.165) is 19.6 Å². The predicted octanol–water partition coefficient (Wildman–Crippen LogP) is 3.42. The number of thioether (sulfide) groups is 1. The molecule has 14 heavy (non-hydrogen) atoms. The third-order valence-corrected chi connectivity index (χ3v) is 3.09. The zero-order valence-electron chi connectivity index (χ0n) is 10.2. The molecule has 0 aliphatic heterocycles. The summed E-state index contributed by atoms with van der Waals surface area (Å²) in [5.41, 5.74) is 1.62. The summed E-state index contributed by atoms with van der Waals surface area (Å²) >= 11 is 1.93. The standard InChI is InChI=1S/C12H25NS/c1-5-8-12(11-14-4)9-10-13(6-2)7-3/h9H,5-8,10-11H2,1-4H3/b12-9-. The van der Waals surface area contributed by atoms with Crippen molar-refractivity contribution in [2.24, 2.45) is 0 Å². The first kappa shape index (κ1) is 14.1. The van der Waals surface area contributed by atoms with E-state index in [9.17, 15) is 0 Å². The van der Waals surface area contributed by atoms with Gasteiger partial charge in [0.05, 0.1) is 0 Å². The average Bonchev–Trinajstić information content (AvgIpc) is 2.20. The van der Waals surface area contributed by atoms with Gasteiger partial charge in [0, 0.05) is 12.3 Å². The molecule has 0 fully saturated rings. The minimum absolute atomic E-state index is 1.13. The maximum Gasteiger partial charge on any atom is 0.0165 e. The average molecular weight is 215 g/mol. The molecule has 0 aromatic heterocycles. The van der Waals surface area contributed by atoms with Gasteiger partial charge in [0.25, 0.3) is 0 Å². The maximum absolute atomic E-state index is 2.45. The van der Waals surface area contributed by atoms with E-state index in [-0.39, 0.29) is 0 Å². The summed E-state index contributed by atoms with van der Waals surface area (Å²) in [6.45, 7) is 10.2. The molecule has 1 nitrogen and oxygen atoms in total. The summed E-state index contributed by atoms with van der Waals surface area (Å²) in [6, 6.07) is 0. The molecule has 0 aliphatic carbocycles. The molecule has 0 amide bonds. The fourth-order valence-corrected chi connectivity index (χ4v) is 2.11. The first-order chi connectivity index (χ1) is 6.78. The SMILES string of the molecule is CCC/C(=C/CN(CC)CC)CSC. The van der Waals surface area contributed by atoms with E-state index >= 15 is 0 Å². The van der Waals surface area contributed by atoms with Gasteiger partial charge in [0.15, 0.2) is 0 Å². The van der Waals surface area contributed by atoms with E-state index in [1.807, 2.05) is 11.8 Å². The van der Waals surface area contributed by atoms with Crippen LogP contribution in [0.3, 0.4) is 0 Å². The first-order valence-electron chi connectivity index (χ1n) is 5.67. The Kier molecular flexibility index (Phi) is 9.63. The molecule has 0 radical (unpaired) electrons. The number of hydrogen-bond donors (Lipinski definition) is 0. The van der Waals surface area contributed by atoms with E-state index in [4.69, 9.17) is 0 Å². The van der Waals surface area contributed by atoms with E-state index in [2.05, 4.69) is 38.0 Å². The van der Waals surface area contributed by atoms with Gasteiger partial charge in [0.2, 0.25) is 0 Å². The zero-order chi connectivity index (χ0) is 10.8. The van der Waals surface area contributed by atoms with Crippen molar-refractivity contribution in [3.8, 4) is 0 Å². The summed E-state index contributed by atoms with van der Waals surface area (Å²) in [5, 5.41) is 0. The van der Waals surface area contributed by atoms with Crippen molar-refractivity contribution in [3.63, 3.8) is 0 Å². The second-order valence-electron chi connectivity index (χ2n) is 3.53. The van der Waals surface area contributed by atoms with Crippen LogP contribution in [0.2, 0.25) is 0 Å². The second-order valence-corrected chi connectivity index (χ2v) is 4.40. The lowest BCUT2D eigenvalue weighted by Crippen LogP contribution is -2.23. The van der Waals surface area contributed by atoms with Crippen LogP contribution >= 0.6 is 11.8 Å². The van der Waals surface area contributed by atoms with Gasteiger partial charge < -0.3 is 4.90 Å². The molecular weight excluding hydrogens is 190 g/mol. The highest BCUT2D eigenvalue weighted by Crippen LogP contribution is 2.10. The van der Waals surface area contributed by atoms with E-state index in [1.165, 1.54) is 18.6 Å². The third kappa shape index (κ3) is 6.50. The minimum atomic E-state index is 1.13. The largest absolute Gasteiger partial charge is 0.300 e. The fraction of sp³-hybridized carbons (Fsp3) is 0.833. The summed E-state index contributed by atoms with van der Waals surface area (Å²) in [7, 11) is 0. The van der Waals surface area contributed by atoms with E-state index in [0.29, 0.717) is 0 Å². The normalized spacial score (nSPS) is 12.5. The predicted molar refractivity (Wildman–Crippen MR) is 69.2 cm³/mol. The van der Waals surface area contributed by atoms with Crippen LogP contribution < -0.4 is 0 Å². The van der Waals surface area contributed by atoms with Gasteiger partial charge >= 0.3 is 0 Å². The Morgan fingerprint density at radius 3 is 2.29 bits per heavy atom. The van der Waals surface area contributed by atoms with Crippen molar-refractivity contribution >= 4 is 11.8 Å². The molecule has 0 aliphatic rings. The molecule has 0 N–H and O–H groups in total. The molecule has 0 bridgehead atoms. The Morgan fingerprint density at radius 1 is 1.21 bits per heavy atom. The van der Waals surface area contributed by atoms with Crippen LogP contribution in [0, 0.1) is 0 Å². The molecule has 0 unspecified atom stereocenters. The van der Waals surface area contributed by atoms with Crippen LogP contribution in [0.4, 0.5) is 0 Å². The summed E-state index contributed by atoms with van der Waals surface area (Å²) in [5.74, 6) is 1.20. The summed E-state index contributed by atoms with van der Waals surface area (Å²) in [4.78, 5) is 2.45. The number of rotatable bonds is 8. The number of likely N-dealkylation sites (N-methyl/N-ethyl adjacent to an activating group) is 1. The van der Waals surface area contributed by atoms with Crippen LogP contribution in [0.5, 0.6) is 0 Å². The monoisotopic (exact) mass is 215 g/mol. The number of nitrogens with zero attached hydrogens (tertiary/aromatic N) is 1. The number of hydrogen-bond acceptors (Lipinski definition) is 2. The van der Waals surface area contributed by atoms with Crippen molar-refractivity contribution < 1.29 is 0 Å². The molecule has 0 saturated carbocycles. The highest BCUT2D eigenvalue weighted by atomic mass is 32.2. The maximum atomic E-state index is 2.45. The Labute approximate surface area is 93.9 Å². The molecule has 0 saturated heterocycles. The highest BCUT2D eigenvalue weighted by molar-refractivity contribution is 7.98. The Hall–Kier alpha value is 0.0500. The Bertz CT molecular complexity index is 142. The molecule has 0 aromatic rings. The van der Waals surface area contributed by atoms with Crippen LogP contribution in [-0.4, -0.2) is 36.5 Å². The van der Waals surface area contributed by atoms with Crippen LogP contribution in [0.1, 0.15) is 33.6 Å². The highest BCUT2D eigenvalue weighted by Gasteiger charge is 1.98. The Morgan fingerprint density at radius 2 is 1.86 bits per heavy atom. The van der Waals surface area contributed by atoms with Gasteiger partial charge in [-0.2, -0.15) is 11.8 Å². The quantitative estimate of drug-likeness (QED) is 0.571. The molecule has 0 heterocycles. The fourth-order valence-electron chi connectivity index (χ4n) is 1.48. The minimum Gasteiger partial charge on any atom is -0.300 e. The summed E-state index contributed by atoms with van der Waals surface area (Å²) < 4.78 is 0. The van der Waals surface area contributed by atoms with E-state index < -0.39 is 0 Å². The second kappa shape index (κ2) is 9.60. The molecule has 2 heteroatoms. The van der Waals surface area contributed by atoms with Crippen molar-refractivity contribution in [2.75, 3.05) is 31.6 Å². The topological polar surface area (TPSA) is 3.24 Å². The lowest BCUT2D eigenvalue weighted by atomic mass is 10.1. The van der Waals surface area contributed by atoms with Crippen LogP contribution in [0.15, 0.2) is 11.6 Å². The van der Waals surface area contributed by atoms with Gasteiger partial charge in [0.1, 0.15) is 0 Å². The van der Waals surface area contributed by atoms with Gasteiger partial charge in [-0.05, 0) is 25.8 Å². The van der Waals surface area contributed by atoms with Gasteiger partial charge in [-0.1, -0.05) is 38.8 Å². The summed E-state index contributed by atoms with van der Waals surface area (Å²) in [6.07, 6.45) is 7.14. The molecule has 0 atom stereocenters. The molecule has 84 valence electrons. The smallest absolute Gasteiger partial charge is 0.0165 e. The van der Waals surface area contributed by atoms with Crippen molar-refractivity contribution in [3.05, 3.63) is 11.6 Å². The Balaban J connectivity index is 3.98. The van der Waals surface area contributed by atoms with Gasteiger partial charge in [-0.15, -0.1) is 0 Å². The van der Waals surface area contributed by atoms with Crippen molar-refractivity contribution in [1.29, 1.82) is 0 Å². The third-order valence-electron chi connectivity index (χ3n) is 2.43. The molecule has 0 aromatic carbocycles. The van der Waals surface area contributed by atoms with Crippen LogP contribution in [0.25, 0.3) is 0 Å². The van der Waals surface area contributed by atoms with Gasteiger partial charge in [-0.25, -0.2) is 0 Å². The first-order valence-corrected chi connectivity index (χ1v) is 7.06. The zero-order valence-corrected chi connectivity index (χ0v) is 11.0. The van der Waals surface area contributed by atoms with Gasteiger partial charge in [-0.3, -0.25) is 0 Å². The lowest BCUT2D eigenvalue weighted by Gasteiger charge is -2.16. The van der Waals surface area contributed by atoms with Crippen molar-refractivity contribution in [1.82, 2.24) is 4.90 Å². The molecule has 0 spiro atoms. The lowest BCUT2D eigenvalue weighted by molar-refractivity contribution is 0.336. The van der Waals surface area contributed by atoms with Crippen molar-refractivity contribution in [2.45, 2.75) is 33.6 Å². The van der Waals surface area contributed by atoms with Crippen LogP contribution in [-0.2, 0) is 0 Å². The molecule has 0 rings (SSSR count). The van der Waals surface area contributed by atoms with E-state index in [1.54, 1.807) is 5.57 Å².